The number of carbonyl (C=O) groups excluding carboxylic acids is 1. The Kier molecular flexibility index (Phi) is 4.98. The van der Waals surface area contributed by atoms with Crippen molar-refractivity contribution in [2.75, 3.05) is 11.9 Å². The molecule has 0 bridgehead atoms. The Labute approximate surface area is 157 Å². The van der Waals surface area contributed by atoms with E-state index in [1.54, 1.807) is 18.5 Å². The normalized spacial score (nSPS) is 17.1. The second-order valence-electron chi connectivity index (χ2n) is 6.74. The third kappa shape index (κ3) is 4.06. The van der Waals surface area contributed by atoms with Crippen LogP contribution in [0.1, 0.15) is 18.7 Å². The van der Waals surface area contributed by atoms with E-state index in [4.69, 9.17) is 0 Å². The van der Waals surface area contributed by atoms with E-state index in [1.165, 1.54) is 12.1 Å². The number of hydrogen-bond acceptors (Lipinski definition) is 3. The molecule has 138 valence electrons. The van der Waals surface area contributed by atoms with Crippen LogP contribution in [0.2, 0.25) is 0 Å². The van der Waals surface area contributed by atoms with Crippen LogP contribution < -0.4 is 5.32 Å². The maximum absolute atomic E-state index is 13.4. The van der Waals surface area contributed by atoms with Gasteiger partial charge in [0, 0.05) is 18.1 Å². The highest BCUT2D eigenvalue weighted by Gasteiger charge is 2.31. The van der Waals surface area contributed by atoms with Gasteiger partial charge in [0.15, 0.2) is 0 Å². The van der Waals surface area contributed by atoms with Crippen molar-refractivity contribution in [3.63, 3.8) is 0 Å². The quantitative estimate of drug-likeness (QED) is 0.724. The molecule has 1 aliphatic rings. The summed E-state index contributed by atoms with van der Waals surface area (Å²) >= 11 is 0. The van der Waals surface area contributed by atoms with Crippen molar-refractivity contribution in [3.05, 3.63) is 72.6 Å². The lowest BCUT2D eigenvalue weighted by Gasteiger charge is -2.22. The summed E-state index contributed by atoms with van der Waals surface area (Å²) in [5.41, 5.74) is 2.46. The Morgan fingerprint density at radius 3 is 2.81 bits per heavy atom. The SMILES string of the molecule is O=C(Nc1ccc(-c2cccc(F)c2)cc1)C1CCCN1Cc1ncc[nH]1. The van der Waals surface area contributed by atoms with Crippen LogP contribution in [0, 0.1) is 5.82 Å². The lowest BCUT2D eigenvalue weighted by atomic mass is 10.1. The summed E-state index contributed by atoms with van der Waals surface area (Å²) in [7, 11) is 0. The highest BCUT2D eigenvalue weighted by molar-refractivity contribution is 5.95. The van der Waals surface area contributed by atoms with Crippen molar-refractivity contribution in [3.8, 4) is 11.1 Å². The van der Waals surface area contributed by atoms with E-state index in [1.807, 2.05) is 30.3 Å². The molecule has 1 aromatic heterocycles. The minimum atomic E-state index is -0.261. The number of benzene rings is 2. The average Bonchev–Trinajstić information content (AvgIpc) is 3.35. The van der Waals surface area contributed by atoms with Gasteiger partial charge < -0.3 is 10.3 Å². The second kappa shape index (κ2) is 7.72. The van der Waals surface area contributed by atoms with Crippen molar-refractivity contribution >= 4 is 11.6 Å². The molecule has 0 saturated carbocycles. The first-order valence-corrected chi connectivity index (χ1v) is 9.08. The number of H-pyrrole nitrogens is 1. The molecular formula is C21H21FN4O. The molecule has 2 heterocycles. The van der Waals surface area contributed by atoms with Crippen LogP contribution in [0.5, 0.6) is 0 Å². The van der Waals surface area contributed by atoms with Crippen LogP contribution in [-0.2, 0) is 11.3 Å². The first-order chi connectivity index (χ1) is 13.2. The van der Waals surface area contributed by atoms with Gasteiger partial charge in [0.05, 0.1) is 12.6 Å². The zero-order chi connectivity index (χ0) is 18.6. The third-order valence-electron chi connectivity index (χ3n) is 4.88. The van der Waals surface area contributed by atoms with E-state index < -0.39 is 0 Å². The van der Waals surface area contributed by atoms with Gasteiger partial charge in [0.25, 0.3) is 0 Å². The highest BCUT2D eigenvalue weighted by Crippen LogP contribution is 2.24. The fraction of sp³-hybridized carbons (Fsp3) is 0.238. The van der Waals surface area contributed by atoms with Gasteiger partial charge in [0.2, 0.25) is 5.91 Å². The molecule has 2 aromatic carbocycles. The summed E-state index contributed by atoms with van der Waals surface area (Å²) in [4.78, 5) is 22.2. The maximum Gasteiger partial charge on any atom is 0.241 e. The van der Waals surface area contributed by atoms with Crippen molar-refractivity contribution < 1.29 is 9.18 Å². The second-order valence-corrected chi connectivity index (χ2v) is 6.74. The molecule has 4 rings (SSSR count). The fourth-order valence-electron chi connectivity index (χ4n) is 3.53. The topological polar surface area (TPSA) is 61.0 Å². The molecule has 1 amide bonds. The van der Waals surface area contributed by atoms with Crippen LogP contribution in [0.4, 0.5) is 10.1 Å². The summed E-state index contributed by atoms with van der Waals surface area (Å²) in [6.07, 6.45) is 5.35. The third-order valence-corrected chi connectivity index (χ3v) is 4.88. The Balaban J connectivity index is 1.41. The molecule has 1 atom stereocenters. The first kappa shape index (κ1) is 17.4. The Morgan fingerprint density at radius 2 is 2.07 bits per heavy atom. The van der Waals surface area contributed by atoms with E-state index in [9.17, 15) is 9.18 Å². The Morgan fingerprint density at radius 1 is 1.22 bits per heavy atom. The molecule has 1 saturated heterocycles. The zero-order valence-electron chi connectivity index (χ0n) is 14.9. The standard InChI is InChI=1S/C21H21FN4O/c22-17-4-1-3-16(13-17)15-6-8-18(9-7-15)25-21(27)19-5-2-12-26(19)14-20-23-10-11-24-20/h1,3-4,6-11,13,19H,2,5,12,14H2,(H,23,24)(H,25,27). The number of nitrogens with zero attached hydrogens (tertiary/aromatic N) is 2. The van der Waals surface area contributed by atoms with Crippen LogP contribution in [0.15, 0.2) is 60.9 Å². The van der Waals surface area contributed by atoms with E-state index in [0.29, 0.717) is 6.54 Å². The first-order valence-electron chi connectivity index (χ1n) is 9.08. The van der Waals surface area contributed by atoms with Gasteiger partial charge in [-0.25, -0.2) is 9.37 Å². The molecule has 5 nitrogen and oxygen atoms in total. The number of nitrogens with one attached hydrogen (secondary N) is 2. The number of aromatic amines is 1. The number of halogens is 1. The van der Waals surface area contributed by atoms with Crippen molar-refractivity contribution in [2.24, 2.45) is 0 Å². The van der Waals surface area contributed by atoms with Crippen LogP contribution in [0.25, 0.3) is 11.1 Å². The lowest BCUT2D eigenvalue weighted by Crippen LogP contribution is -2.39. The number of rotatable bonds is 5. The largest absolute Gasteiger partial charge is 0.348 e. The zero-order valence-corrected chi connectivity index (χ0v) is 14.9. The van der Waals surface area contributed by atoms with Crippen LogP contribution in [-0.4, -0.2) is 33.4 Å². The molecule has 0 radical (unpaired) electrons. The lowest BCUT2D eigenvalue weighted by molar-refractivity contribution is -0.120. The van der Waals surface area contributed by atoms with Crippen LogP contribution >= 0.6 is 0 Å². The number of likely N-dealkylation sites (tertiary alicyclic amines) is 1. The molecule has 1 unspecified atom stereocenters. The van der Waals surface area contributed by atoms with E-state index in [2.05, 4.69) is 20.2 Å². The summed E-state index contributed by atoms with van der Waals surface area (Å²) in [6, 6.07) is 13.8. The van der Waals surface area contributed by atoms with Gasteiger partial charge in [-0.3, -0.25) is 9.69 Å². The number of anilines is 1. The average molecular weight is 364 g/mol. The highest BCUT2D eigenvalue weighted by atomic mass is 19.1. The fourth-order valence-corrected chi connectivity index (χ4v) is 3.53. The smallest absolute Gasteiger partial charge is 0.241 e. The monoisotopic (exact) mass is 364 g/mol. The molecular weight excluding hydrogens is 343 g/mol. The maximum atomic E-state index is 13.4. The molecule has 0 aliphatic carbocycles. The van der Waals surface area contributed by atoms with Gasteiger partial charge in [0.1, 0.15) is 11.6 Å². The number of carbonyl (C=O) groups is 1. The summed E-state index contributed by atoms with van der Waals surface area (Å²) in [5, 5.41) is 3.00. The van der Waals surface area contributed by atoms with Crippen molar-refractivity contribution in [1.29, 1.82) is 0 Å². The van der Waals surface area contributed by atoms with Gasteiger partial charge >= 0.3 is 0 Å². The van der Waals surface area contributed by atoms with Crippen LogP contribution in [0.3, 0.4) is 0 Å². The predicted molar refractivity (Wildman–Crippen MR) is 102 cm³/mol. The molecule has 1 aliphatic heterocycles. The van der Waals surface area contributed by atoms with E-state index in [0.717, 1.165) is 42.0 Å². The molecule has 6 heteroatoms. The van der Waals surface area contributed by atoms with Gasteiger partial charge in [-0.15, -0.1) is 0 Å². The number of imidazole rings is 1. The number of amides is 1. The van der Waals surface area contributed by atoms with Crippen molar-refractivity contribution in [1.82, 2.24) is 14.9 Å². The molecule has 3 aromatic rings. The van der Waals surface area contributed by atoms with E-state index >= 15 is 0 Å². The van der Waals surface area contributed by atoms with Gasteiger partial charge in [-0.2, -0.15) is 0 Å². The van der Waals surface area contributed by atoms with E-state index in [-0.39, 0.29) is 17.8 Å². The Bertz CT molecular complexity index is 908. The minimum absolute atomic E-state index is 0.00226. The number of aromatic nitrogens is 2. The Hall–Kier alpha value is -2.99. The number of hydrogen-bond donors (Lipinski definition) is 2. The predicted octanol–water partition coefficient (Wildman–Crippen LogP) is 3.82. The summed E-state index contributed by atoms with van der Waals surface area (Å²) < 4.78 is 13.4. The van der Waals surface area contributed by atoms with Crippen molar-refractivity contribution in [2.45, 2.75) is 25.4 Å². The van der Waals surface area contributed by atoms with Gasteiger partial charge in [-0.05, 0) is 54.8 Å². The minimum Gasteiger partial charge on any atom is -0.348 e. The molecule has 0 spiro atoms. The molecule has 27 heavy (non-hydrogen) atoms. The van der Waals surface area contributed by atoms with Gasteiger partial charge in [-0.1, -0.05) is 24.3 Å². The molecule has 2 N–H and O–H groups in total. The molecule has 1 fully saturated rings. The summed E-state index contributed by atoms with van der Waals surface area (Å²) in [6.45, 7) is 1.53. The summed E-state index contributed by atoms with van der Waals surface area (Å²) in [5.74, 6) is 0.606.